The number of rotatable bonds is 6. The van der Waals surface area contributed by atoms with Gasteiger partial charge in [0.1, 0.15) is 0 Å². The minimum absolute atomic E-state index is 0.0449. The van der Waals surface area contributed by atoms with E-state index in [0.29, 0.717) is 17.8 Å². The molecule has 0 aliphatic heterocycles. The number of ketones is 1. The molecule has 0 spiro atoms. The molecule has 0 atom stereocenters. The molecule has 1 rings (SSSR count). The first kappa shape index (κ1) is 15.9. The van der Waals surface area contributed by atoms with Crippen molar-refractivity contribution < 1.29 is 14.4 Å². The molecule has 5 heteroatoms. The van der Waals surface area contributed by atoms with Gasteiger partial charge in [-0.25, -0.2) is 0 Å². The van der Waals surface area contributed by atoms with Crippen LogP contribution in [0.1, 0.15) is 43.5 Å². The van der Waals surface area contributed by atoms with Crippen LogP contribution in [0.5, 0.6) is 0 Å². The van der Waals surface area contributed by atoms with Gasteiger partial charge in [-0.05, 0) is 37.6 Å². The van der Waals surface area contributed by atoms with E-state index in [9.17, 15) is 14.4 Å². The minimum Gasteiger partial charge on any atom is -0.348 e. The van der Waals surface area contributed by atoms with Crippen LogP contribution in [0.3, 0.4) is 0 Å². The molecule has 0 aromatic heterocycles. The number of nitrogens with one attached hydrogen (secondary N) is 2. The second-order valence-corrected chi connectivity index (χ2v) is 4.55. The molecule has 0 radical (unpaired) electrons. The number of benzene rings is 1. The Morgan fingerprint density at radius 3 is 2.20 bits per heavy atom. The molecule has 0 aliphatic carbocycles. The molecule has 0 saturated heterocycles. The number of amides is 2. The molecule has 0 heterocycles. The van der Waals surface area contributed by atoms with Crippen molar-refractivity contribution >= 4 is 23.3 Å². The average Bonchev–Trinajstić information content (AvgIpc) is 2.44. The van der Waals surface area contributed by atoms with E-state index in [2.05, 4.69) is 17.6 Å². The van der Waals surface area contributed by atoms with Crippen LogP contribution in [0.2, 0.25) is 0 Å². The van der Waals surface area contributed by atoms with Gasteiger partial charge in [-0.3, -0.25) is 14.4 Å². The molecule has 0 unspecified atom stereocenters. The largest absolute Gasteiger partial charge is 0.348 e. The van der Waals surface area contributed by atoms with E-state index in [1.54, 1.807) is 24.3 Å². The Balaban J connectivity index is 2.44. The summed E-state index contributed by atoms with van der Waals surface area (Å²) in [5.41, 5.74) is 1.05. The van der Waals surface area contributed by atoms with Crippen molar-refractivity contribution in [1.82, 2.24) is 5.32 Å². The van der Waals surface area contributed by atoms with Gasteiger partial charge >= 0.3 is 11.8 Å². The van der Waals surface area contributed by atoms with Gasteiger partial charge in [0.05, 0.1) is 0 Å². The van der Waals surface area contributed by atoms with Gasteiger partial charge in [0.2, 0.25) is 0 Å². The number of Topliss-reactive ketones (excluding diaryl/α,β-unsaturated/α-hetero) is 1. The zero-order chi connectivity index (χ0) is 15.0. The van der Waals surface area contributed by atoms with Crippen LogP contribution in [0.15, 0.2) is 24.3 Å². The van der Waals surface area contributed by atoms with Crippen LogP contribution < -0.4 is 10.6 Å². The zero-order valence-electron chi connectivity index (χ0n) is 11.9. The highest BCUT2D eigenvalue weighted by atomic mass is 16.2. The van der Waals surface area contributed by atoms with E-state index >= 15 is 0 Å². The molecule has 1 aromatic rings. The lowest BCUT2D eigenvalue weighted by molar-refractivity contribution is -0.136. The Bertz CT molecular complexity index is 480. The van der Waals surface area contributed by atoms with Crippen molar-refractivity contribution in [2.45, 2.75) is 33.1 Å². The predicted molar refractivity (Wildman–Crippen MR) is 77.6 cm³/mol. The maximum absolute atomic E-state index is 11.6. The quantitative estimate of drug-likeness (QED) is 0.475. The highest BCUT2D eigenvalue weighted by Gasteiger charge is 2.12. The highest BCUT2D eigenvalue weighted by Crippen LogP contribution is 2.09. The SMILES string of the molecule is CCCCCNC(=O)C(=O)Nc1ccc(C(C)=O)cc1. The van der Waals surface area contributed by atoms with Crippen molar-refractivity contribution in [2.24, 2.45) is 0 Å². The fourth-order valence-corrected chi connectivity index (χ4v) is 1.63. The second kappa shape index (κ2) is 8.09. The van der Waals surface area contributed by atoms with E-state index in [-0.39, 0.29) is 5.78 Å². The Hall–Kier alpha value is -2.17. The molecule has 108 valence electrons. The molecule has 2 amide bonds. The van der Waals surface area contributed by atoms with Gasteiger partial charge in [-0.2, -0.15) is 0 Å². The third-order valence-corrected chi connectivity index (χ3v) is 2.82. The third-order valence-electron chi connectivity index (χ3n) is 2.82. The number of unbranched alkanes of at least 4 members (excludes halogenated alkanes) is 2. The molecule has 0 aliphatic rings. The van der Waals surface area contributed by atoms with Crippen LogP contribution in [0.25, 0.3) is 0 Å². The summed E-state index contributed by atoms with van der Waals surface area (Å²) in [4.78, 5) is 34.2. The number of hydrogen-bond acceptors (Lipinski definition) is 3. The van der Waals surface area contributed by atoms with Gasteiger partial charge in [0.25, 0.3) is 0 Å². The lowest BCUT2D eigenvalue weighted by atomic mass is 10.1. The van der Waals surface area contributed by atoms with Gasteiger partial charge in [0, 0.05) is 17.8 Å². The van der Waals surface area contributed by atoms with Crippen molar-refractivity contribution in [3.05, 3.63) is 29.8 Å². The molecule has 1 aromatic carbocycles. The van der Waals surface area contributed by atoms with Crippen LogP contribution in [0, 0.1) is 0 Å². The van der Waals surface area contributed by atoms with Crippen LogP contribution >= 0.6 is 0 Å². The lowest BCUT2D eigenvalue weighted by Gasteiger charge is -2.06. The summed E-state index contributed by atoms with van der Waals surface area (Å²) >= 11 is 0. The van der Waals surface area contributed by atoms with Crippen molar-refractivity contribution in [3.63, 3.8) is 0 Å². The van der Waals surface area contributed by atoms with Crippen molar-refractivity contribution in [2.75, 3.05) is 11.9 Å². The van der Waals surface area contributed by atoms with Gasteiger partial charge in [0.15, 0.2) is 5.78 Å². The molecular formula is C15H20N2O3. The standard InChI is InChI=1S/C15H20N2O3/c1-3-4-5-10-16-14(19)15(20)17-13-8-6-12(7-9-13)11(2)18/h6-9H,3-5,10H2,1-2H3,(H,16,19)(H,17,20). The minimum atomic E-state index is -0.697. The van der Waals surface area contributed by atoms with Crippen LogP contribution in [-0.2, 0) is 9.59 Å². The summed E-state index contributed by atoms with van der Waals surface area (Å²) < 4.78 is 0. The van der Waals surface area contributed by atoms with E-state index in [4.69, 9.17) is 0 Å². The summed E-state index contributed by atoms with van der Waals surface area (Å²) in [5, 5.41) is 5.05. The van der Waals surface area contributed by atoms with Crippen LogP contribution in [0.4, 0.5) is 5.69 Å². The fraction of sp³-hybridized carbons (Fsp3) is 0.400. The summed E-state index contributed by atoms with van der Waals surface area (Å²) in [6.45, 7) is 4.04. The van der Waals surface area contributed by atoms with Gasteiger partial charge in [-0.15, -0.1) is 0 Å². The molecule has 0 saturated carbocycles. The van der Waals surface area contributed by atoms with Crippen molar-refractivity contribution in [3.8, 4) is 0 Å². The Morgan fingerprint density at radius 2 is 1.65 bits per heavy atom. The topological polar surface area (TPSA) is 75.3 Å². The third kappa shape index (κ3) is 5.22. The van der Waals surface area contributed by atoms with E-state index in [0.717, 1.165) is 19.3 Å². The zero-order valence-corrected chi connectivity index (χ0v) is 11.9. The van der Waals surface area contributed by atoms with Gasteiger partial charge in [-0.1, -0.05) is 19.8 Å². The normalized spacial score (nSPS) is 9.90. The average molecular weight is 276 g/mol. The summed E-state index contributed by atoms with van der Waals surface area (Å²) in [5.74, 6) is -1.38. The molecule has 0 fully saturated rings. The number of carbonyl (C=O) groups is 3. The van der Waals surface area contributed by atoms with Gasteiger partial charge < -0.3 is 10.6 Å². The highest BCUT2D eigenvalue weighted by molar-refractivity contribution is 6.39. The maximum atomic E-state index is 11.6. The maximum Gasteiger partial charge on any atom is 0.313 e. The predicted octanol–water partition coefficient (Wildman–Crippen LogP) is 2.13. The second-order valence-electron chi connectivity index (χ2n) is 4.55. The molecule has 5 nitrogen and oxygen atoms in total. The molecule has 20 heavy (non-hydrogen) atoms. The first-order valence-electron chi connectivity index (χ1n) is 6.74. The summed E-state index contributed by atoms with van der Waals surface area (Å²) in [7, 11) is 0. The molecule has 0 bridgehead atoms. The molecule has 2 N–H and O–H groups in total. The van der Waals surface area contributed by atoms with E-state index in [1.807, 2.05) is 0 Å². The first-order valence-corrected chi connectivity index (χ1v) is 6.74. The fourth-order valence-electron chi connectivity index (χ4n) is 1.63. The van der Waals surface area contributed by atoms with E-state index in [1.165, 1.54) is 6.92 Å². The smallest absolute Gasteiger partial charge is 0.313 e. The Kier molecular flexibility index (Phi) is 6.43. The van der Waals surface area contributed by atoms with Crippen molar-refractivity contribution in [1.29, 1.82) is 0 Å². The molecular weight excluding hydrogens is 256 g/mol. The number of carbonyl (C=O) groups excluding carboxylic acids is 3. The number of anilines is 1. The Morgan fingerprint density at radius 1 is 1.00 bits per heavy atom. The monoisotopic (exact) mass is 276 g/mol. The first-order chi connectivity index (χ1) is 9.54. The Labute approximate surface area is 118 Å². The number of hydrogen-bond donors (Lipinski definition) is 2. The summed E-state index contributed by atoms with van der Waals surface area (Å²) in [6.07, 6.45) is 2.95. The van der Waals surface area contributed by atoms with E-state index < -0.39 is 11.8 Å². The summed E-state index contributed by atoms with van der Waals surface area (Å²) in [6, 6.07) is 6.41. The van der Waals surface area contributed by atoms with Crippen LogP contribution in [-0.4, -0.2) is 24.1 Å². The lowest BCUT2D eigenvalue weighted by Crippen LogP contribution is -2.35.